The van der Waals surface area contributed by atoms with E-state index in [0.29, 0.717) is 12.1 Å². The number of carbonyl (C=O) groups is 1. The zero-order valence-electron chi connectivity index (χ0n) is 11.7. The van der Waals surface area contributed by atoms with Crippen LogP contribution in [0, 0.1) is 5.92 Å². The van der Waals surface area contributed by atoms with Gasteiger partial charge in [-0.25, -0.2) is 14.8 Å². The summed E-state index contributed by atoms with van der Waals surface area (Å²) < 4.78 is 0. The molecule has 1 saturated heterocycles. The number of aliphatic hydroxyl groups is 1. The summed E-state index contributed by atoms with van der Waals surface area (Å²) in [5.74, 6) is 0.0649. The van der Waals surface area contributed by atoms with Crippen LogP contribution in [-0.4, -0.2) is 45.3 Å². The molecule has 6 heteroatoms. The average molecular weight is 287 g/mol. The summed E-state index contributed by atoms with van der Waals surface area (Å²) in [5.41, 5.74) is 0.812. The fraction of sp³-hybridized carbons (Fsp3) is 0.400. The van der Waals surface area contributed by atoms with Crippen molar-refractivity contribution in [3.8, 4) is 0 Å². The molecule has 0 radical (unpaired) electrons. The van der Waals surface area contributed by atoms with E-state index in [2.05, 4.69) is 9.97 Å². The Morgan fingerprint density at radius 2 is 2.19 bits per heavy atom. The number of carboxylic acid groups (broad SMARTS) is 1. The van der Waals surface area contributed by atoms with Gasteiger partial charge in [0, 0.05) is 18.5 Å². The summed E-state index contributed by atoms with van der Waals surface area (Å²) in [7, 11) is 0. The Bertz CT molecular complexity index is 689. The molecular weight excluding hydrogens is 270 g/mol. The van der Waals surface area contributed by atoms with Crippen molar-refractivity contribution in [3.05, 3.63) is 30.1 Å². The molecule has 21 heavy (non-hydrogen) atoms. The molecule has 2 N–H and O–H groups in total. The first-order valence-corrected chi connectivity index (χ1v) is 6.97. The molecule has 1 aromatic carbocycles. The number of aromatic carboxylic acids is 1. The number of hydrogen-bond donors (Lipinski definition) is 2. The Labute approximate surface area is 122 Å². The van der Waals surface area contributed by atoms with E-state index in [-0.39, 0.29) is 17.6 Å². The summed E-state index contributed by atoms with van der Waals surface area (Å²) >= 11 is 0. The van der Waals surface area contributed by atoms with Gasteiger partial charge in [0.15, 0.2) is 0 Å². The van der Waals surface area contributed by atoms with E-state index in [1.165, 1.54) is 6.33 Å². The van der Waals surface area contributed by atoms with Gasteiger partial charge < -0.3 is 15.1 Å². The molecule has 2 aromatic rings. The number of benzene rings is 1. The van der Waals surface area contributed by atoms with Crippen LogP contribution in [0.4, 0.5) is 5.82 Å². The molecule has 110 valence electrons. The van der Waals surface area contributed by atoms with Gasteiger partial charge in [0.1, 0.15) is 12.1 Å². The molecule has 3 rings (SSSR count). The summed E-state index contributed by atoms with van der Waals surface area (Å²) in [6.45, 7) is 3.40. The smallest absolute Gasteiger partial charge is 0.335 e. The van der Waals surface area contributed by atoms with Gasteiger partial charge in [-0.05, 0) is 30.5 Å². The van der Waals surface area contributed by atoms with Crippen LogP contribution in [0.3, 0.4) is 0 Å². The van der Waals surface area contributed by atoms with Crippen LogP contribution in [0.2, 0.25) is 0 Å². The second kappa shape index (κ2) is 5.29. The highest BCUT2D eigenvalue weighted by Crippen LogP contribution is 2.27. The highest BCUT2D eigenvalue weighted by Gasteiger charge is 2.26. The normalized spacial score (nSPS) is 22.5. The molecule has 0 bridgehead atoms. The van der Waals surface area contributed by atoms with Crippen molar-refractivity contribution in [2.24, 2.45) is 5.92 Å². The lowest BCUT2D eigenvalue weighted by Crippen LogP contribution is -2.43. The highest BCUT2D eigenvalue weighted by atomic mass is 16.4. The molecule has 1 aliphatic heterocycles. The zero-order valence-corrected chi connectivity index (χ0v) is 11.7. The molecule has 0 spiro atoms. The van der Waals surface area contributed by atoms with E-state index in [9.17, 15) is 9.90 Å². The van der Waals surface area contributed by atoms with Crippen LogP contribution in [0.1, 0.15) is 23.7 Å². The highest BCUT2D eigenvalue weighted by molar-refractivity contribution is 5.96. The van der Waals surface area contributed by atoms with Crippen molar-refractivity contribution in [1.82, 2.24) is 9.97 Å². The molecular formula is C15H17N3O3. The first-order valence-electron chi connectivity index (χ1n) is 6.97. The third kappa shape index (κ3) is 2.54. The lowest BCUT2D eigenvalue weighted by atomic mass is 9.96. The maximum atomic E-state index is 11.0. The lowest BCUT2D eigenvalue weighted by molar-refractivity contribution is 0.0697. The molecule has 0 aliphatic carbocycles. The lowest BCUT2D eigenvalue weighted by Gasteiger charge is -2.35. The number of aromatic nitrogens is 2. The van der Waals surface area contributed by atoms with Crippen LogP contribution < -0.4 is 4.90 Å². The van der Waals surface area contributed by atoms with E-state index >= 15 is 0 Å². The van der Waals surface area contributed by atoms with E-state index in [4.69, 9.17) is 5.11 Å². The van der Waals surface area contributed by atoms with Crippen LogP contribution in [0.5, 0.6) is 0 Å². The average Bonchev–Trinajstić information content (AvgIpc) is 2.49. The number of aliphatic hydroxyl groups excluding tert-OH is 1. The minimum Gasteiger partial charge on any atom is -0.478 e. The third-order valence-electron chi connectivity index (χ3n) is 4.08. The van der Waals surface area contributed by atoms with E-state index in [1.54, 1.807) is 18.2 Å². The van der Waals surface area contributed by atoms with Gasteiger partial charge in [-0.3, -0.25) is 0 Å². The Morgan fingerprint density at radius 3 is 2.90 bits per heavy atom. The fourth-order valence-electron chi connectivity index (χ4n) is 2.67. The number of piperidine rings is 1. The Morgan fingerprint density at radius 1 is 1.38 bits per heavy atom. The third-order valence-corrected chi connectivity index (χ3v) is 4.08. The molecule has 2 heterocycles. The Kier molecular flexibility index (Phi) is 3.47. The molecule has 2 unspecified atom stereocenters. The van der Waals surface area contributed by atoms with Gasteiger partial charge in [0.25, 0.3) is 0 Å². The van der Waals surface area contributed by atoms with Crippen molar-refractivity contribution >= 4 is 22.7 Å². The number of nitrogens with zero attached hydrogens (tertiary/aromatic N) is 3. The fourth-order valence-corrected chi connectivity index (χ4v) is 2.67. The summed E-state index contributed by atoms with van der Waals surface area (Å²) in [6, 6.07) is 4.84. The van der Waals surface area contributed by atoms with Crippen molar-refractivity contribution in [1.29, 1.82) is 0 Å². The van der Waals surface area contributed by atoms with Gasteiger partial charge in [-0.2, -0.15) is 0 Å². The molecule has 0 amide bonds. The van der Waals surface area contributed by atoms with Crippen molar-refractivity contribution in [2.45, 2.75) is 19.4 Å². The topological polar surface area (TPSA) is 86.6 Å². The van der Waals surface area contributed by atoms with Gasteiger partial charge in [0.2, 0.25) is 0 Å². The van der Waals surface area contributed by atoms with Crippen LogP contribution in [-0.2, 0) is 0 Å². The first kappa shape index (κ1) is 13.8. The monoisotopic (exact) mass is 287 g/mol. The second-order valence-corrected chi connectivity index (χ2v) is 5.51. The van der Waals surface area contributed by atoms with Crippen molar-refractivity contribution < 1.29 is 15.0 Å². The predicted molar refractivity (Wildman–Crippen MR) is 78.5 cm³/mol. The molecule has 1 aromatic heterocycles. The quantitative estimate of drug-likeness (QED) is 0.871. The Balaban J connectivity index is 2.01. The second-order valence-electron chi connectivity index (χ2n) is 5.51. The maximum Gasteiger partial charge on any atom is 0.335 e. The number of carboxylic acids is 1. The minimum absolute atomic E-state index is 0.208. The molecule has 1 aliphatic rings. The summed E-state index contributed by atoms with van der Waals surface area (Å²) in [6.07, 6.45) is 1.97. The summed E-state index contributed by atoms with van der Waals surface area (Å²) in [4.78, 5) is 21.5. The molecule has 6 nitrogen and oxygen atoms in total. The summed E-state index contributed by atoms with van der Waals surface area (Å²) in [5, 5.41) is 19.9. The van der Waals surface area contributed by atoms with Gasteiger partial charge in [-0.15, -0.1) is 0 Å². The van der Waals surface area contributed by atoms with Crippen LogP contribution in [0.25, 0.3) is 10.9 Å². The van der Waals surface area contributed by atoms with Gasteiger partial charge in [0.05, 0.1) is 17.2 Å². The van der Waals surface area contributed by atoms with Crippen LogP contribution in [0.15, 0.2) is 24.5 Å². The number of hydrogen-bond acceptors (Lipinski definition) is 5. The van der Waals surface area contributed by atoms with Gasteiger partial charge in [-0.1, -0.05) is 6.92 Å². The van der Waals surface area contributed by atoms with E-state index in [0.717, 1.165) is 24.2 Å². The van der Waals surface area contributed by atoms with E-state index < -0.39 is 5.97 Å². The predicted octanol–water partition coefficient (Wildman–Crippen LogP) is 1.54. The first-order chi connectivity index (χ1) is 10.1. The van der Waals surface area contributed by atoms with Crippen molar-refractivity contribution in [2.75, 3.05) is 18.0 Å². The maximum absolute atomic E-state index is 11.0. The number of anilines is 1. The number of rotatable bonds is 2. The minimum atomic E-state index is -0.973. The van der Waals surface area contributed by atoms with Gasteiger partial charge >= 0.3 is 5.97 Å². The number of fused-ring (bicyclic) bond motifs is 1. The molecule has 1 fully saturated rings. The standard InChI is InChI=1S/C15H17N3O3/c1-9-4-5-18(7-13(9)19)14-11-3-2-10(15(20)21)6-12(11)16-8-17-14/h2-3,6,8-9,13,19H,4-5,7H2,1H3,(H,20,21). The van der Waals surface area contributed by atoms with Crippen molar-refractivity contribution in [3.63, 3.8) is 0 Å². The Hall–Kier alpha value is -2.21. The molecule has 2 atom stereocenters. The van der Waals surface area contributed by atoms with Crippen LogP contribution >= 0.6 is 0 Å². The SMILES string of the molecule is CC1CCN(c2ncnc3cc(C(=O)O)ccc23)CC1O. The van der Waals surface area contributed by atoms with E-state index in [1.807, 2.05) is 11.8 Å². The molecule has 0 saturated carbocycles. The number of β-amino-alcohol motifs (C(OH)–C–C–N with tert-alkyl or cyclic N) is 1. The largest absolute Gasteiger partial charge is 0.478 e. The zero-order chi connectivity index (χ0) is 15.0.